The molecule has 0 aliphatic heterocycles. The molecule has 6 heteroatoms. The highest BCUT2D eigenvalue weighted by atomic mass is 35.5. The molecule has 1 aromatic rings. The normalized spacial score (nSPS) is 11.9. The van der Waals surface area contributed by atoms with Crippen molar-refractivity contribution in [3.8, 4) is 0 Å². The van der Waals surface area contributed by atoms with Crippen LogP contribution in [0.4, 0.5) is 5.69 Å². The van der Waals surface area contributed by atoms with Gasteiger partial charge in [-0.1, -0.05) is 11.6 Å². The van der Waals surface area contributed by atoms with E-state index in [-0.39, 0.29) is 6.42 Å². The van der Waals surface area contributed by atoms with Gasteiger partial charge in [0.2, 0.25) is 5.91 Å². The molecule has 0 bridgehead atoms. The summed E-state index contributed by atoms with van der Waals surface area (Å²) in [5.74, 6) is -1.65. The second kappa shape index (κ2) is 5.48. The van der Waals surface area contributed by atoms with Gasteiger partial charge in [0.05, 0.1) is 6.42 Å². The van der Waals surface area contributed by atoms with Crippen LogP contribution in [0.2, 0.25) is 5.02 Å². The van der Waals surface area contributed by atoms with Crippen LogP contribution >= 0.6 is 11.6 Å². The molecule has 0 aliphatic carbocycles. The number of carbonyl (C=O) groups is 2. The number of carboxylic acid groups (broad SMARTS) is 1. The van der Waals surface area contributed by atoms with Gasteiger partial charge in [-0.2, -0.15) is 0 Å². The lowest BCUT2D eigenvalue weighted by Crippen LogP contribution is -2.34. The van der Waals surface area contributed by atoms with Gasteiger partial charge in [0, 0.05) is 10.7 Å². The molecule has 4 N–H and O–H groups in total. The number of nitrogens with one attached hydrogen (secondary N) is 1. The third-order valence-corrected chi connectivity index (χ3v) is 2.10. The van der Waals surface area contributed by atoms with Crippen LogP contribution < -0.4 is 11.1 Å². The zero-order chi connectivity index (χ0) is 12.1. The topological polar surface area (TPSA) is 92.4 Å². The van der Waals surface area contributed by atoms with Gasteiger partial charge in [0.1, 0.15) is 6.04 Å². The molecule has 0 aliphatic rings. The van der Waals surface area contributed by atoms with E-state index in [9.17, 15) is 9.59 Å². The molecule has 0 heterocycles. The summed E-state index contributed by atoms with van der Waals surface area (Å²) in [5, 5.41) is 11.6. The molecule has 1 aromatic carbocycles. The van der Waals surface area contributed by atoms with Crippen molar-refractivity contribution in [3.05, 3.63) is 29.3 Å². The van der Waals surface area contributed by atoms with Crippen LogP contribution in [0, 0.1) is 0 Å². The molecule has 1 amide bonds. The van der Waals surface area contributed by atoms with Crippen LogP contribution in [-0.2, 0) is 9.59 Å². The predicted octanol–water partition coefficient (Wildman–Crippen LogP) is 1.08. The van der Waals surface area contributed by atoms with Crippen molar-refractivity contribution in [3.63, 3.8) is 0 Å². The first kappa shape index (κ1) is 12.5. The Morgan fingerprint density at radius 2 is 1.94 bits per heavy atom. The van der Waals surface area contributed by atoms with Crippen molar-refractivity contribution in [1.82, 2.24) is 0 Å². The highest BCUT2D eigenvalue weighted by Crippen LogP contribution is 2.13. The number of carboxylic acids is 1. The van der Waals surface area contributed by atoms with Gasteiger partial charge < -0.3 is 16.2 Å². The summed E-state index contributed by atoms with van der Waals surface area (Å²) in [6.45, 7) is 0. The lowest BCUT2D eigenvalue weighted by atomic mass is 10.2. The molecule has 0 unspecified atom stereocenters. The third-order valence-electron chi connectivity index (χ3n) is 1.85. The number of anilines is 1. The SMILES string of the molecule is N[C@H](CC(=O)Nc1ccc(Cl)cc1)C(=O)O. The second-order valence-electron chi connectivity index (χ2n) is 3.20. The van der Waals surface area contributed by atoms with Crippen LogP contribution in [-0.4, -0.2) is 23.0 Å². The van der Waals surface area contributed by atoms with Crippen molar-refractivity contribution in [2.45, 2.75) is 12.5 Å². The Morgan fingerprint density at radius 3 is 2.44 bits per heavy atom. The molecule has 5 nitrogen and oxygen atoms in total. The van der Waals surface area contributed by atoms with Gasteiger partial charge in [-0.15, -0.1) is 0 Å². The maximum Gasteiger partial charge on any atom is 0.321 e. The molecule has 0 spiro atoms. The van der Waals surface area contributed by atoms with E-state index >= 15 is 0 Å². The third kappa shape index (κ3) is 3.88. The number of rotatable bonds is 4. The molecule has 0 saturated carbocycles. The summed E-state index contributed by atoms with van der Waals surface area (Å²) < 4.78 is 0. The minimum absolute atomic E-state index is 0.266. The van der Waals surface area contributed by atoms with Crippen LogP contribution in [0.15, 0.2) is 24.3 Å². The highest BCUT2D eigenvalue weighted by Gasteiger charge is 2.15. The number of hydrogen-bond acceptors (Lipinski definition) is 3. The largest absolute Gasteiger partial charge is 0.480 e. The molecule has 0 radical (unpaired) electrons. The van der Waals surface area contributed by atoms with Gasteiger partial charge in [0.15, 0.2) is 0 Å². The highest BCUT2D eigenvalue weighted by molar-refractivity contribution is 6.30. The van der Waals surface area contributed by atoms with Crippen molar-refractivity contribution >= 4 is 29.2 Å². The van der Waals surface area contributed by atoms with Crippen LogP contribution in [0.3, 0.4) is 0 Å². The number of halogens is 1. The maximum atomic E-state index is 11.3. The van der Waals surface area contributed by atoms with Gasteiger partial charge in [0.25, 0.3) is 0 Å². The summed E-state index contributed by atoms with van der Waals surface area (Å²) in [4.78, 5) is 21.7. The van der Waals surface area contributed by atoms with E-state index in [1.165, 1.54) is 0 Å². The van der Waals surface area contributed by atoms with Crippen molar-refractivity contribution in [1.29, 1.82) is 0 Å². The van der Waals surface area contributed by atoms with Gasteiger partial charge in [-0.05, 0) is 24.3 Å². The molecule has 16 heavy (non-hydrogen) atoms. The van der Waals surface area contributed by atoms with E-state index in [0.717, 1.165) is 0 Å². The molecular formula is C10H11ClN2O3. The van der Waals surface area contributed by atoms with E-state index in [1.54, 1.807) is 24.3 Å². The number of hydrogen-bond donors (Lipinski definition) is 3. The zero-order valence-corrected chi connectivity index (χ0v) is 9.07. The van der Waals surface area contributed by atoms with E-state index < -0.39 is 17.9 Å². The smallest absolute Gasteiger partial charge is 0.321 e. The molecular weight excluding hydrogens is 232 g/mol. The first-order valence-corrected chi connectivity index (χ1v) is 4.90. The Kier molecular flexibility index (Phi) is 4.28. The average molecular weight is 243 g/mol. The first-order valence-electron chi connectivity index (χ1n) is 4.53. The van der Waals surface area contributed by atoms with Gasteiger partial charge >= 0.3 is 5.97 Å². The summed E-state index contributed by atoms with van der Waals surface area (Å²) >= 11 is 5.66. The number of carbonyl (C=O) groups excluding carboxylic acids is 1. The van der Waals surface area contributed by atoms with Gasteiger partial charge in [-0.3, -0.25) is 9.59 Å². The van der Waals surface area contributed by atoms with Crippen molar-refractivity contribution < 1.29 is 14.7 Å². The lowest BCUT2D eigenvalue weighted by molar-refractivity contribution is -0.140. The Hall–Kier alpha value is -1.59. The quantitative estimate of drug-likeness (QED) is 0.737. The standard InChI is InChI=1S/C10H11ClN2O3/c11-6-1-3-7(4-2-6)13-9(14)5-8(12)10(15)16/h1-4,8H,5,12H2,(H,13,14)(H,15,16)/t8-/m1/s1. The summed E-state index contributed by atoms with van der Waals surface area (Å²) in [5.41, 5.74) is 5.76. The van der Waals surface area contributed by atoms with Crippen LogP contribution in [0.1, 0.15) is 6.42 Å². The summed E-state index contributed by atoms with van der Waals surface area (Å²) in [7, 11) is 0. The minimum Gasteiger partial charge on any atom is -0.480 e. The first-order chi connectivity index (χ1) is 7.49. The predicted molar refractivity (Wildman–Crippen MR) is 60.3 cm³/mol. The monoisotopic (exact) mass is 242 g/mol. The summed E-state index contributed by atoms with van der Waals surface area (Å²) in [6.07, 6.45) is -0.266. The lowest BCUT2D eigenvalue weighted by Gasteiger charge is -2.07. The van der Waals surface area contributed by atoms with Crippen molar-refractivity contribution in [2.75, 3.05) is 5.32 Å². The number of nitrogens with two attached hydrogens (primary N) is 1. The van der Waals surface area contributed by atoms with E-state index in [1.807, 2.05) is 0 Å². The zero-order valence-electron chi connectivity index (χ0n) is 8.31. The molecule has 0 fully saturated rings. The number of benzene rings is 1. The fourth-order valence-electron chi connectivity index (χ4n) is 1.03. The average Bonchev–Trinajstić information content (AvgIpc) is 2.21. The van der Waals surface area contributed by atoms with E-state index in [4.69, 9.17) is 22.4 Å². The fraction of sp³-hybridized carbons (Fsp3) is 0.200. The Morgan fingerprint density at radius 1 is 1.38 bits per heavy atom. The molecule has 86 valence electrons. The van der Waals surface area contributed by atoms with Crippen LogP contribution in [0.5, 0.6) is 0 Å². The number of aliphatic carboxylic acids is 1. The van der Waals surface area contributed by atoms with Crippen LogP contribution in [0.25, 0.3) is 0 Å². The molecule has 1 atom stereocenters. The fourth-order valence-corrected chi connectivity index (χ4v) is 1.16. The Bertz CT molecular complexity index is 392. The molecule has 0 saturated heterocycles. The summed E-state index contributed by atoms with van der Waals surface area (Å²) in [6, 6.07) is 5.29. The number of amides is 1. The minimum atomic E-state index is -1.20. The maximum absolute atomic E-state index is 11.3. The van der Waals surface area contributed by atoms with Gasteiger partial charge in [-0.25, -0.2) is 0 Å². The van der Waals surface area contributed by atoms with E-state index in [0.29, 0.717) is 10.7 Å². The van der Waals surface area contributed by atoms with Crippen molar-refractivity contribution in [2.24, 2.45) is 5.73 Å². The molecule has 0 aromatic heterocycles. The Labute approximate surface area is 97.2 Å². The second-order valence-corrected chi connectivity index (χ2v) is 3.64. The van der Waals surface area contributed by atoms with E-state index in [2.05, 4.69) is 5.32 Å². The Balaban J connectivity index is 2.52. The molecule has 1 rings (SSSR count).